The van der Waals surface area contributed by atoms with Gasteiger partial charge in [0, 0.05) is 46.2 Å². The van der Waals surface area contributed by atoms with Crippen molar-refractivity contribution in [2.24, 2.45) is 0 Å². The number of thiophene rings is 1. The van der Waals surface area contributed by atoms with Gasteiger partial charge in [-0.2, -0.15) is 0 Å². The van der Waals surface area contributed by atoms with Crippen molar-refractivity contribution in [3.63, 3.8) is 0 Å². The van der Waals surface area contributed by atoms with E-state index < -0.39 is 32.7 Å². The van der Waals surface area contributed by atoms with Gasteiger partial charge in [-0.05, 0) is 110 Å². The number of sulfone groups is 1. The van der Waals surface area contributed by atoms with Crippen LogP contribution >= 0.6 is 11.3 Å². The Labute approximate surface area is 315 Å². The van der Waals surface area contributed by atoms with Crippen molar-refractivity contribution >= 4 is 63.6 Å². The standard InChI is InChI=1S/C45H44F2O4S2/c1-10-44(11-2,50-8)22-20-32-34-24-30-25-38(53(48,49)31-17-14-27(5)15-18-31)52-37(30)26-35(34)33(21-23-45(12-3,13-4)51-9)41-40(32)29(7)39-28(6)16-19-36(46)42(39)43(41)47/h14-19,24-26H,10-13H2,1-9H3. The van der Waals surface area contributed by atoms with Gasteiger partial charge in [0.05, 0.1) is 10.3 Å². The molecular formula is C45H44F2O4S2. The number of methoxy groups -OCH3 is 2. The second-order valence-electron chi connectivity index (χ2n) is 13.7. The molecule has 0 saturated heterocycles. The quantitative estimate of drug-likeness (QED) is 0.115. The lowest BCUT2D eigenvalue weighted by atomic mass is 9.84. The molecule has 274 valence electrons. The van der Waals surface area contributed by atoms with E-state index in [1.165, 1.54) is 6.07 Å². The van der Waals surface area contributed by atoms with Crippen molar-refractivity contribution in [3.05, 3.63) is 94.0 Å². The third-order valence-corrected chi connectivity index (χ3v) is 14.3. The highest BCUT2D eigenvalue weighted by Gasteiger charge is 2.28. The molecule has 0 saturated carbocycles. The van der Waals surface area contributed by atoms with Crippen LogP contribution in [0.15, 0.2) is 63.7 Å². The summed E-state index contributed by atoms with van der Waals surface area (Å²) >= 11 is 1.15. The Morgan fingerprint density at radius 2 is 1.25 bits per heavy atom. The summed E-state index contributed by atoms with van der Waals surface area (Å²) in [5, 5.41) is 3.05. The zero-order valence-electron chi connectivity index (χ0n) is 31.7. The lowest BCUT2D eigenvalue weighted by molar-refractivity contribution is 0.0344. The smallest absolute Gasteiger partial charge is 0.215 e. The number of rotatable bonds is 8. The minimum absolute atomic E-state index is 0.0997. The average Bonchev–Trinajstić information content (AvgIpc) is 3.60. The van der Waals surface area contributed by atoms with Gasteiger partial charge in [-0.1, -0.05) is 75.1 Å². The maximum atomic E-state index is 17.4. The van der Waals surface area contributed by atoms with Crippen LogP contribution < -0.4 is 0 Å². The molecule has 5 aromatic carbocycles. The number of halogens is 2. The highest BCUT2D eigenvalue weighted by atomic mass is 32.2. The fourth-order valence-electron chi connectivity index (χ4n) is 7.33. The molecule has 0 aliphatic rings. The van der Waals surface area contributed by atoms with E-state index in [9.17, 15) is 8.42 Å². The predicted molar refractivity (Wildman–Crippen MR) is 215 cm³/mol. The highest BCUT2D eigenvalue weighted by Crippen LogP contribution is 2.44. The van der Waals surface area contributed by atoms with Crippen molar-refractivity contribution in [2.45, 2.75) is 94.5 Å². The molecule has 0 spiro atoms. The molecule has 0 fully saturated rings. The average molecular weight is 751 g/mol. The molecule has 0 amide bonds. The van der Waals surface area contributed by atoms with E-state index in [1.54, 1.807) is 50.6 Å². The van der Waals surface area contributed by atoms with Gasteiger partial charge >= 0.3 is 0 Å². The third-order valence-electron chi connectivity index (χ3n) is 11.0. The van der Waals surface area contributed by atoms with Crippen LogP contribution in [0.4, 0.5) is 8.78 Å². The molecule has 6 rings (SSSR count). The van der Waals surface area contributed by atoms with Crippen LogP contribution in [0, 0.1) is 56.1 Å². The molecule has 53 heavy (non-hydrogen) atoms. The van der Waals surface area contributed by atoms with E-state index in [0.717, 1.165) is 22.5 Å². The molecule has 6 aromatic rings. The topological polar surface area (TPSA) is 52.6 Å². The minimum Gasteiger partial charge on any atom is -0.366 e. The van der Waals surface area contributed by atoms with E-state index in [-0.39, 0.29) is 19.9 Å². The Morgan fingerprint density at radius 1 is 0.698 bits per heavy atom. The maximum absolute atomic E-state index is 17.4. The Bertz CT molecular complexity index is 2500. The van der Waals surface area contributed by atoms with Gasteiger partial charge in [0.15, 0.2) is 0 Å². The van der Waals surface area contributed by atoms with Crippen molar-refractivity contribution < 1.29 is 26.7 Å². The second kappa shape index (κ2) is 14.5. The van der Waals surface area contributed by atoms with Crippen LogP contribution in [0.1, 0.15) is 81.2 Å². The first kappa shape index (κ1) is 38.4. The molecule has 4 nitrogen and oxygen atoms in total. The van der Waals surface area contributed by atoms with Crippen LogP contribution in [-0.4, -0.2) is 33.8 Å². The largest absolute Gasteiger partial charge is 0.366 e. The Kier molecular flexibility index (Phi) is 10.5. The van der Waals surface area contributed by atoms with E-state index in [2.05, 4.69) is 23.7 Å². The monoisotopic (exact) mass is 750 g/mol. The molecule has 0 bridgehead atoms. The maximum Gasteiger partial charge on any atom is 0.215 e. The Morgan fingerprint density at radius 3 is 1.79 bits per heavy atom. The number of benzene rings is 5. The second-order valence-corrected chi connectivity index (χ2v) is 16.9. The van der Waals surface area contributed by atoms with E-state index in [1.807, 2.05) is 60.6 Å². The van der Waals surface area contributed by atoms with Crippen molar-refractivity contribution in [3.8, 4) is 23.7 Å². The fraction of sp³-hybridized carbons (Fsp3) is 0.333. The van der Waals surface area contributed by atoms with Gasteiger partial charge in [0.2, 0.25) is 9.84 Å². The van der Waals surface area contributed by atoms with Crippen molar-refractivity contribution in [1.29, 1.82) is 0 Å². The number of ether oxygens (including phenoxy) is 2. The normalized spacial score (nSPS) is 12.4. The summed E-state index contributed by atoms with van der Waals surface area (Å²) in [6.45, 7) is 13.6. The first-order valence-corrected chi connectivity index (χ1v) is 20.3. The predicted octanol–water partition coefficient (Wildman–Crippen LogP) is 11.5. The molecule has 1 aromatic heterocycles. The molecule has 8 heteroatoms. The van der Waals surface area contributed by atoms with Gasteiger partial charge in [0.1, 0.15) is 27.0 Å². The number of fused-ring (bicyclic) bond motifs is 4. The van der Waals surface area contributed by atoms with Crippen LogP contribution in [0.25, 0.3) is 42.4 Å². The van der Waals surface area contributed by atoms with Crippen LogP contribution in [0.2, 0.25) is 0 Å². The first-order chi connectivity index (χ1) is 25.2. The van der Waals surface area contributed by atoms with Gasteiger partial charge < -0.3 is 9.47 Å². The molecule has 0 radical (unpaired) electrons. The molecular weight excluding hydrogens is 707 g/mol. The van der Waals surface area contributed by atoms with Crippen molar-refractivity contribution in [1.82, 2.24) is 0 Å². The zero-order valence-corrected chi connectivity index (χ0v) is 33.4. The van der Waals surface area contributed by atoms with Crippen LogP contribution in [-0.2, 0) is 19.3 Å². The van der Waals surface area contributed by atoms with Crippen LogP contribution in [0.3, 0.4) is 0 Å². The molecule has 0 unspecified atom stereocenters. The van der Waals surface area contributed by atoms with E-state index in [0.29, 0.717) is 74.0 Å². The SMILES string of the molecule is CCC(C#Cc1c2cc3cc(S(=O)(=O)c4ccc(C)cc4)sc3cc2c(C#CC(CC)(CC)OC)c2c(F)c3c(F)ccc(C)c3c(C)c12)(CC)OC. The van der Waals surface area contributed by atoms with Crippen molar-refractivity contribution in [2.75, 3.05) is 14.2 Å². The number of hydrogen-bond donors (Lipinski definition) is 0. The summed E-state index contributed by atoms with van der Waals surface area (Å²) in [6, 6.07) is 15.2. The minimum atomic E-state index is -3.84. The number of aryl methyl sites for hydroxylation is 3. The summed E-state index contributed by atoms with van der Waals surface area (Å²) in [6.07, 6.45) is 2.42. The molecule has 0 N–H and O–H groups in total. The van der Waals surface area contributed by atoms with Gasteiger partial charge in [-0.25, -0.2) is 17.2 Å². The molecule has 1 heterocycles. The Balaban J connectivity index is 1.87. The summed E-state index contributed by atoms with van der Waals surface area (Å²) < 4.78 is 73.7. The molecule has 0 atom stereocenters. The Hall–Kier alpha value is -4.31. The summed E-state index contributed by atoms with van der Waals surface area (Å²) in [5.41, 5.74) is 1.72. The third kappa shape index (κ3) is 6.40. The summed E-state index contributed by atoms with van der Waals surface area (Å²) in [7, 11) is -0.589. The lowest BCUT2D eigenvalue weighted by Gasteiger charge is -2.24. The lowest BCUT2D eigenvalue weighted by Crippen LogP contribution is -2.27. The number of hydrogen-bond acceptors (Lipinski definition) is 5. The van der Waals surface area contributed by atoms with E-state index in [4.69, 9.17) is 9.47 Å². The van der Waals surface area contributed by atoms with E-state index >= 15 is 8.78 Å². The highest BCUT2D eigenvalue weighted by molar-refractivity contribution is 7.93. The zero-order chi connectivity index (χ0) is 38.5. The summed E-state index contributed by atoms with van der Waals surface area (Å²) in [4.78, 5) is 0.204. The van der Waals surface area contributed by atoms with Gasteiger partial charge in [-0.3, -0.25) is 0 Å². The molecule has 0 aliphatic heterocycles. The van der Waals surface area contributed by atoms with Crippen LogP contribution in [0.5, 0.6) is 0 Å². The van der Waals surface area contributed by atoms with Gasteiger partial charge in [0.25, 0.3) is 0 Å². The fourth-order valence-corrected chi connectivity index (χ4v) is 10.2. The molecule has 0 aliphatic carbocycles. The van der Waals surface area contributed by atoms with Gasteiger partial charge in [-0.15, -0.1) is 11.3 Å². The first-order valence-electron chi connectivity index (χ1n) is 18.0. The summed E-state index contributed by atoms with van der Waals surface area (Å²) in [5.74, 6) is 12.1.